The van der Waals surface area contributed by atoms with Gasteiger partial charge in [0.05, 0.1) is 10.6 Å². The maximum absolute atomic E-state index is 14.5. The number of nitrogens with one attached hydrogen (secondary N) is 1. The Morgan fingerprint density at radius 1 is 0.822 bits per heavy atom. The molecule has 2 amide bonds. The molecule has 1 unspecified atom stereocenters. The van der Waals surface area contributed by atoms with Crippen molar-refractivity contribution in [3.63, 3.8) is 0 Å². The van der Waals surface area contributed by atoms with E-state index < -0.39 is 28.5 Å². The molecule has 4 aromatic carbocycles. The molecule has 0 saturated heterocycles. The van der Waals surface area contributed by atoms with Crippen molar-refractivity contribution in [1.82, 2.24) is 10.2 Å². The van der Waals surface area contributed by atoms with E-state index in [1.807, 2.05) is 63.2 Å². The van der Waals surface area contributed by atoms with Crippen molar-refractivity contribution in [3.05, 3.63) is 130 Å². The molecule has 0 aliphatic heterocycles. The number of hydrogen-bond donors (Lipinski definition) is 1. The Balaban J connectivity index is 1.82. The molecule has 0 saturated carbocycles. The van der Waals surface area contributed by atoms with Gasteiger partial charge in [-0.3, -0.25) is 13.9 Å². The van der Waals surface area contributed by atoms with Crippen molar-refractivity contribution in [2.45, 2.75) is 57.1 Å². The highest BCUT2D eigenvalue weighted by atomic mass is 35.5. The summed E-state index contributed by atoms with van der Waals surface area (Å²) in [7, 11) is -4.17. The fourth-order valence-corrected chi connectivity index (χ4v) is 6.82. The van der Waals surface area contributed by atoms with E-state index >= 15 is 0 Å². The molecule has 0 aromatic heterocycles. The van der Waals surface area contributed by atoms with Gasteiger partial charge in [0.1, 0.15) is 12.6 Å². The van der Waals surface area contributed by atoms with E-state index in [-0.39, 0.29) is 29.8 Å². The largest absolute Gasteiger partial charge is 0.352 e. The van der Waals surface area contributed by atoms with E-state index in [0.29, 0.717) is 21.3 Å². The predicted molar refractivity (Wildman–Crippen MR) is 181 cm³/mol. The maximum atomic E-state index is 14.5. The van der Waals surface area contributed by atoms with E-state index in [0.717, 1.165) is 21.9 Å². The number of hydrogen-bond acceptors (Lipinski definition) is 4. The SMILES string of the molecule is CCc1ccc(N(CC(=O)N(Cc2ccc(Cl)cc2Cl)C(Cc2ccccc2)C(=O)NC(C)C)S(=O)(=O)c2ccccc2)cc1. The Bertz CT molecular complexity index is 1700. The first-order valence-corrected chi connectivity index (χ1v) is 16.9. The van der Waals surface area contributed by atoms with Crippen LogP contribution in [0.4, 0.5) is 5.69 Å². The molecular formula is C35H37Cl2N3O4S. The summed E-state index contributed by atoms with van der Waals surface area (Å²) in [5, 5.41) is 3.70. The molecule has 236 valence electrons. The number of amides is 2. The van der Waals surface area contributed by atoms with E-state index in [1.165, 1.54) is 17.0 Å². The zero-order valence-electron chi connectivity index (χ0n) is 25.5. The zero-order chi connectivity index (χ0) is 32.6. The average molecular weight is 667 g/mol. The van der Waals surface area contributed by atoms with Gasteiger partial charge in [-0.25, -0.2) is 8.42 Å². The summed E-state index contributed by atoms with van der Waals surface area (Å²) in [4.78, 5) is 29.7. The van der Waals surface area contributed by atoms with Crippen LogP contribution in [0.25, 0.3) is 0 Å². The topological polar surface area (TPSA) is 86.8 Å². The smallest absolute Gasteiger partial charge is 0.264 e. The molecule has 0 aliphatic carbocycles. The molecule has 1 atom stereocenters. The molecule has 4 aromatic rings. The highest BCUT2D eigenvalue weighted by molar-refractivity contribution is 7.92. The Morgan fingerprint density at radius 3 is 2.02 bits per heavy atom. The van der Waals surface area contributed by atoms with Crippen LogP contribution >= 0.6 is 23.2 Å². The van der Waals surface area contributed by atoms with Crippen LogP contribution in [-0.4, -0.2) is 43.8 Å². The van der Waals surface area contributed by atoms with Crippen LogP contribution < -0.4 is 9.62 Å². The fourth-order valence-electron chi connectivity index (χ4n) is 4.91. The molecule has 10 heteroatoms. The molecule has 45 heavy (non-hydrogen) atoms. The first-order chi connectivity index (χ1) is 21.5. The minimum atomic E-state index is -4.17. The van der Waals surface area contributed by atoms with Crippen LogP contribution in [0, 0.1) is 0 Å². The maximum Gasteiger partial charge on any atom is 0.264 e. The van der Waals surface area contributed by atoms with E-state index in [2.05, 4.69) is 5.32 Å². The van der Waals surface area contributed by atoms with Gasteiger partial charge in [0.15, 0.2) is 0 Å². The Morgan fingerprint density at radius 2 is 1.44 bits per heavy atom. The average Bonchev–Trinajstić information content (AvgIpc) is 3.03. The van der Waals surface area contributed by atoms with Crippen LogP contribution in [0.15, 0.2) is 108 Å². The molecule has 0 bridgehead atoms. The number of sulfonamides is 1. The normalized spacial score (nSPS) is 12.0. The summed E-state index contributed by atoms with van der Waals surface area (Å²) in [5.74, 6) is -0.933. The third kappa shape index (κ3) is 8.87. The van der Waals surface area contributed by atoms with Gasteiger partial charge in [-0.05, 0) is 73.4 Å². The summed E-state index contributed by atoms with van der Waals surface area (Å²) >= 11 is 12.7. The lowest BCUT2D eigenvalue weighted by Crippen LogP contribution is -2.54. The molecule has 4 rings (SSSR count). The molecule has 0 heterocycles. The van der Waals surface area contributed by atoms with Crippen LogP contribution in [-0.2, 0) is 39.0 Å². The minimum absolute atomic E-state index is 0.0445. The summed E-state index contributed by atoms with van der Waals surface area (Å²) in [6.07, 6.45) is 0.972. The van der Waals surface area contributed by atoms with Crippen LogP contribution in [0.3, 0.4) is 0 Å². The van der Waals surface area contributed by atoms with Crippen molar-refractivity contribution in [2.24, 2.45) is 0 Å². The van der Waals surface area contributed by atoms with Crippen LogP contribution in [0.5, 0.6) is 0 Å². The fraction of sp³-hybridized carbons (Fsp3) is 0.257. The molecule has 0 radical (unpaired) electrons. The summed E-state index contributed by atoms with van der Waals surface area (Å²) in [5.41, 5.74) is 2.76. The summed E-state index contributed by atoms with van der Waals surface area (Å²) in [6, 6.07) is 28.2. The van der Waals surface area contributed by atoms with Crippen molar-refractivity contribution in [2.75, 3.05) is 10.8 Å². The van der Waals surface area contributed by atoms with Crippen LogP contribution in [0.1, 0.15) is 37.5 Å². The van der Waals surface area contributed by atoms with Gasteiger partial charge >= 0.3 is 0 Å². The zero-order valence-corrected chi connectivity index (χ0v) is 27.8. The number of carbonyl (C=O) groups is 2. The Hall–Kier alpha value is -3.85. The van der Waals surface area contributed by atoms with Crippen LogP contribution in [0.2, 0.25) is 10.0 Å². The first kappa shape index (κ1) is 34.0. The number of carbonyl (C=O) groups excluding carboxylic acids is 2. The first-order valence-electron chi connectivity index (χ1n) is 14.7. The second-order valence-corrected chi connectivity index (χ2v) is 13.7. The second kappa shape index (κ2) is 15.4. The lowest BCUT2D eigenvalue weighted by atomic mass is 10.0. The summed E-state index contributed by atoms with van der Waals surface area (Å²) < 4.78 is 29.2. The highest BCUT2D eigenvalue weighted by Crippen LogP contribution is 2.27. The van der Waals surface area contributed by atoms with Gasteiger partial charge in [0, 0.05) is 29.1 Å². The Kier molecular flexibility index (Phi) is 11.7. The number of aryl methyl sites for hydroxylation is 1. The molecule has 0 aliphatic rings. The molecule has 7 nitrogen and oxygen atoms in total. The quantitative estimate of drug-likeness (QED) is 0.168. The van der Waals surface area contributed by atoms with E-state index in [1.54, 1.807) is 48.5 Å². The highest BCUT2D eigenvalue weighted by Gasteiger charge is 2.35. The lowest BCUT2D eigenvalue weighted by molar-refractivity contribution is -0.140. The van der Waals surface area contributed by atoms with E-state index in [4.69, 9.17) is 23.2 Å². The third-order valence-corrected chi connectivity index (χ3v) is 9.68. The standard InChI is InChI=1S/C35H37Cl2N3O4S/c1-4-26-15-19-30(20-16-26)40(45(43,44)31-13-9-6-10-14-31)24-34(41)39(23-28-17-18-29(36)22-32(28)37)33(35(42)38-25(2)3)21-27-11-7-5-8-12-27/h5-20,22,25,33H,4,21,23-24H2,1-3H3,(H,38,42). The number of benzene rings is 4. The second-order valence-electron chi connectivity index (χ2n) is 11.0. The van der Waals surface area contributed by atoms with Crippen molar-refractivity contribution in [3.8, 4) is 0 Å². The molecule has 1 N–H and O–H groups in total. The van der Waals surface area contributed by atoms with Gasteiger partial charge in [-0.15, -0.1) is 0 Å². The van der Waals surface area contributed by atoms with Crippen molar-refractivity contribution in [1.29, 1.82) is 0 Å². The van der Waals surface area contributed by atoms with Gasteiger partial charge < -0.3 is 10.2 Å². The number of nitrogens with zero attached hydrogens (tertiary/aromatic N) is 2. The predicted octanol–water partition coefficient (Wildman–Crippen LogP) is 6.92. The minimum Gasteiger partial charge on any atom is -0.352 e. The molecule has 0 spiro atoms. The number of halogens is 2. The van der Waals surface area contributed by atoms with Crippen molar-refractivity contribution < 1.29 is 18.0 Å². The molecular weight excluding hydrogens is 629 g/mol. The number of rotatable bonds is 13. The summed E-state index contributed by atoms with van der Waals surface area (Å²) in [6.45, 7) is 5.09. The van der Waals surface area contributed by atoms with Gasteiger partial charge in [-0.1, -0.05) is 96.9 Å². The number of anilines is 1. The van der Waals surface area contributed by atoms with E-state index in [9.17, 15) is 18.0 Å². The van der Waals surface area contributed by atoms with Crippen molar-refractivity contribution >= 4 is 50.7 Å². The van der Waals surface area contributed by atoms with Gasteiger partial charge in [0.2, 0.25) is 11.8 Å². The van der Waals surface area contributed by atoms with Gasteiger partial charge in [-0.2, -0.15) is 0 Å². The molecule has 0 fully saturated rings. The Labute approximate surface area is 275 Å². The monoisotopic (exact) mass is 665 g/mol. The lowest BCUT2D eigenvalue weighted by Gasteiger charge is -2.34. The van der Waals surface area contributed by atoms with Gasteiger partial charge in [0.25, 0.3) is 10.0 Å². The third-order valence-electron chi connectivity index (χ3n) is 7.30.